The predicted molar refractivity (Wildman–Crippen MR) is 103 cm³/mol. The minimum absolute atomic E-state index is 0.0104. The molecule has 0 spiro atoms. The summed E-state index contributed by atoms with van der Waals surface area (Å²) >= 11 is 0. The fourth-order valence-corrected chi connectivity index (χ4v) is 2.54. The number of ether oxygens (including phenoxy) is 1. The van der Waals surface area contributed by atoms with Gasteiger partial charge in [-0.05, 0) is 42.0 Å². The van der Waals surface area contributed by atoms with Gasteiger partial charge in [-0.15, -0.1) is 0 Å². The van der Waals surface area contributed by atoms with Crippen molar-refractivity contribution in [3.63, 3.8) is 0 Å². The molecule has 1 aromatic heterocycles. The standard InChI is InChI=1S/C21H17FN2O5/c1-28-21(27)16-5-2-3-7-18(16)23-19(25)17-6-4-12-24(20(17)26)29-13-14-8-10-15(22)11-9-14/h2-12H,13H2,1H3,(H,23,25). The minimum atomic E-state index is -0.703. The largest absolute Gasteiger partial charge is 0.465 e. The van der Waals surface area contributed by atoms with Gasteiger partial charge < -0.3 is 14.9 Å². The van der Waals surface area contributed by atoms with Crippen LogP contribution in [0.25, 0.3) is 0 Å². The summed E-state index contributed by atoms with van der Waals surface area (Å²) < 4.78 is 18.6. The van der Waals surface area contributed by atoms with E-state index in [4.69, 9.17) is 4.84 Å². The Labute approximate surface area is 165 Å². The van der Waals surface area contributed by atoms with E-state index in [2.05, 4.69) is 10.1 Å². The SMILES string of the molecule is COC(=O)c1ccccc1NC(=O)c1cccn(OCc2ccc(F)cc2)c1=O. The van der Waals surface area contributed by atoms with Crippen LogP contribution in [-0.4, -0.2) is 23.7 Å². The third-order valence-corrected chi connectivity index (χ3v) is 4.02. The van der Waals surface area contributed by atoms with Crippen LogP contribution in [-0.2, 0) is 11.3 Å². The number of hydrogen-bond donors (Lipinski definition) is 1. The number of rotatable bonds is 6. The lowest BCUT2D eigenvalue weighted by Gasteiger charge is -2.11. The number of esters is 1. The van der Waals surface area contributed by atoms with Gasteiger partial charge in [-0.3, -0.25) is 9.59 Å². The highest BCUT2D eigenvalue weighted by atomic mass is 19.1. The van der Waals surface area contributed by atoms with Gasteiger partial charge in [0.25, 0.3) is 11.5 Å². The average molecular weight is 396 g/mol. The van der Waals surface area contributed by atoms with Crippen molar-refractivity contribution in [3.8, 4) is 0 Å². The summed E-state index contributed by atoms with van der Waals surface area (Å²) in [6, 6.07) is 14.7. The van der Waals surface area contributed by atoms with Crippen molar-refractivity contribution in [3.05, 3.63) is 99.7 Å². The van der Waals surface area contributed by atoms with Crippen LogP contribution >= 0.6 is 0 Å². The number of para-hydroxylation sites is 1. The molecule has 0 saturated carbocycles. The molecular weight excluding hydrogens is 379 g/mol. The zero-order valence-corrected chi connectivity index (χ0v) is 15.4. The van der Waals surface area contributed by atoms with Gasteiger partial charge in [0.15, 0.2) is 0 Å². The Morgan fingerprint density at radius 2 is 1.69 bits per heavy atom. The Morgan fingerprint density at radius 3 is 2.41 bits per heavy atom. The van der Waals surface area contributed by atoms with E-state index in [1.165, 1.54) is 61.8 Å². The van der Waals surface area contributed by atoms with Crippen LogP contribution in [0.3, 0.4) is 0 Å². The molecule has 2 aromatic carbocycles. The van der Waals surface area contributed by atoms with Gasteiger partial charge >= 0.3 is 5.97 Å². The van der Waals surface area contributed by atoms with E-state index in [0.717, 1.165) is 4.73 Å². The molecule has 0 fully saturated rings. The molecule has 0 atom stereocenters. The highest BCUT2D eigenvalue weighted by molar-refractivity contribution is 6.07. The van der Waals surface area contributed by atoms with Gasteiger partial charge in [0.2, 0.25) is 0 Å². The third-order valence-electron chi connectivity index (χ3n) is 4.02. The van der Waals surface area contributed by atoms with Gasteiger partial charge in [-0.1, -0.05) is 24.3 Å². The van der Waals surface area contributed by atoms with Crippen LogP contribution in [0.5, 0.6) is 0 Å². The van der Waals surface area contributed by atoms with E-state index >= 15 is 0 Å². The van der Waals surface area contributed by atoms with Crippen LogP contribution in [0.15, 0.2) is 71.7 Å². The van der Waals surface area contributed by atoms with Crippen LogP contribution in [0, 0.1) is 5.82 Å². The molecule has 0 bridgehead atoms. The maximum atomic E-state index is 13.0. The Morgan fingerprint density at radius 1 is 1.00 bits per heavy atom. The topological polar surface area (TPSA) is 86.6 Å². The second kappa shape index (κ2) is 8.83. The molecule has 148 valence electrons. The quantitative estimate of drug-likeness (QED) is 0.648. The summed E-state index contributed by atoms with van der Waals surface area (Å²) in [6.07, 6.45) is 1.37. The summed E-state index contributed by atoms with van der Waals surface area (Å²) in [5.41, 5.74) is 0.174. The Kier molecular flexibility index (Phi) is 6.03. The third kappa shape index (κ3) is 4.67. The normalized spacial score (nSPS) is 10.3. The first kappa shape index (κ1) is 19.8. The highest BCUT2D eigenvalue weighted by Gasteiger charge is 2.17. The number of hydrogen-bond acceptors (Lipinski definition) is 5. The molecular formula is C21H17FN2O5. The number of carbonyl (C=O) groups is 2. The maximum Gasteiger partial charge on any atom is 0.339 e. The van der Waals surface area contributed by atoms with Gasteiger partial charge in [0, 0.05) is 6.20 Å². The maximum absolute atomic E-state index is 13.0. The molecule has 0 aliphatic heterocycles. The fraction of sp³-hybridized carbons (Fsp3) is 0.0952. The summed E-state index contributed by atoms with van der Waals surface area (Å²) in [4.78, 5) is 42.4. The van der Waals surface area contributed by atoms with Crippen LogP contribution in [0.4, 0.5) is 10.1 Å². The average Bonchev–Trinajstić information content (AvgIpc) is 2.74. The first-order chi connectivity index (χ1) is 14.0. The van der Waals surface area contributed by atoms with Gasteiger partial charge in [0.05, 0.1) is 18.4 Å². The number of aromatic nitrogens is 1. The van der Waals surface area contributed by atoms with Crippen molar-refractivity contribution < 1.29 is 23.6 Å². The van der Waals surface area contributed by atoms with E-state index in [0.29, 0.717) is 5.56 Å². The van der Waals surface area contributed by atoms with Crippen LogP contribution in [0.2, 0.25) is 0 Å². The fourth-order valence-electron chi connectivity index (χ4n) is 2.54. The summed E-state index contributed by atoms with van der Waals surface area (Å²) in [5.74, 6) is -1.70. The molecule has 29 heavy (non-hydrogen) atoms. The molecule has 0 radical (unpaired) electrons. The smallest absolute Gasteiger partial charge is 0.339 e. The second-order valence-corrected chi connectivity index (χ2v) is 5.94. The highest BCUT2D eigenvalue weighted by Crippen LogP contribution is 2.16. The number of methoxy groups -OCH3 is 1. The number of pyridine rings is 1. The summed E-state index contributed by atoms with van der Waals surface area (Å²) in [6.45, 7) is 0.0104. The van der Waals surface area contributed by atoms with Crippen molar-refractivity contribution in [1.82, 2.24) is 4.73 Å². The van der Waals surface area contributed by atoms with E-state index in [-0.39, 0.29) is 29.2 Å². The van der Waals surface area contributed by atoms with Crippen molar-refractivity contribution in [2.75, 3.05) is 12.4 Å². The minimum Gasteiger partial charge on any atom is -0.465 e. The van der Waals surface area contributed by atoms with Gasteiger partial charge in [0.1, 0.15) is 18.0 Å². The first-order valence-electron chi connectivity index (χ1n) is 8.57. The predicted octanol–water partition coefficient (Wildman–Crippen LogP) is 2.66. The molecule has 0 aliphatic rings. The van der Waals surface area contributed by atoms with Crippen LogP contribution in [0.1, 0.15) is 26.3 Å². The number of amides is 1. The van der Waals surface area contributed by atoms with Crippen molar-refractivity contribution in [2.24, 2.45) is 0 Å². The van der Waals surface area contributed by atoms with Gasteiger partial charge in [-0.2, -0.15) is 4.73 Å². The summed E-state index contributed by atoms with van der Waals surface area (Å²) in [7, 11) is 1.23. The molecule has 8 heteroatoms. The van der Waals surface area contributed by atoms with Crippen molar-refractivity contribution in [2.45, 2.75) is 6.61 Å². The van der Waals surface area contributed by atoms with E-state index < -0.39 is 17.4 Å². The summed E-state index contributed by atoms with van der Waals surface area (Å²) in [5, 5.41) is 2.54. The lowest BCUT2D eigenvalue weighted by molar-refractivity contribution is 0.0602. The molecule has 0 unspecified atom stereocenters. The second-order valence-electron chi connectivity index (χ2n) is 5.94. The number of nitrogens with zero attached hydrogens (tertiary/aromatic N) is 1. The molecule has 7 nitrogen and oxygen atoms in total. The lowest BCUT2D eigenvalue weighted by atomic mass is 10.1. The molecule has 1 N–H and O–H groups in total. The van der Waals surface area contributed by atoms with E-state index in [9.17, 15) is 18.8 Å². The monoisotopic (exact) mass is 396 g/mol. The number of nitrogens with one attached hydrogen (secondary N) is 1. The zero-order valence-electron chi connectivity index (χ0n) is 15.4. The molecule has 3 rings (SSSR count). The van der Waals surface area contributed by atoms with E-state index in [1.807, 2.05) is 0 Å². The van der Waals surface area contributed by atoms with Crippen molar-refractivity contribution in [1.29, 1.82) is 0 Å². The molecule has 0 saturated heterocycles. The van der Waals surface area contributed by atoms with E-state index in [1.54, 1.807) is 12.1 Å². The molecule has 1 heterocycles. The number of anilines is 1. The Bertz CT molecular complexity index is 1090. The number of carbonyl (C=O) groups excluding carboxylic acids is 2. The number of halogens is 1. The molecule has 0 aliphatic carbocycles. The Balaban J connectivity index is 1.79. The first-order valence-corrected chi connectivity index (χ1v) is 8.57. The van der Waals surface area contributed by atoms with Crippen molar-refractivity contribution >= 4 is 17.6 Å². The number of benzene rings is 2. The molecule has 1 amide bonds. The lowest BCUT2D eigenvalue weighted by Crippen LogP contribution is -2.32. The zero-order chi connectivity index (χ0) is 20.8. The van der Waals surface area contributed by atoms with Crippen LogP contribution < -0.4 is 15.7 Å². The van der Waals surface area contributed by atoms with Gasteiger partial charge in [-0.25, -0.2) is 9.18 Å². The Hall–Kier alpha value is -3.94. The molecule has 3 aromatic rings.